The highest BCUT2D eigenvalue weighted by Crippen LogP contribution is 2.39. The Labute approximate surface area is 172 Å². The molecule has 2 aliphatic heterocycles. The average Bonchev–Trinajstić information content (AvgIpc) is 3.23. The molecule has 2 aliphatic rings. The van der Waals surface area contributed by atoms with E-state index in [0.29, 0.717) is 19.3 Å². The van der Waals surface area contributed by atoms with Gasteiger partial charge in [-0.2, -0.15) is 0 Å². The monoisotopic (exact) mass is 386 g/mol. The number of pyridine rings is 1. The highest BCUT2D eigenvalue weighted by atomic mass is 16.6. The minimum atomic E-state index is 0.431. The van der Waals surface area contributed by atoms with Gasteiger partial charge in [-0.1, -0.05) is 24.3 Å². The maximum absolute atomic E-state index is 5.80. The number of hydrogen-bond donors (Lipinski definition) is 0. The Morgan fingerprint density at radius 1 is 1.00 bits per heavy atom. The number of hydrogen-bond acceptors (Lipinski definition) is 4. The van der Waals surface area contributed by atoms with Gasteiger partial charge in [0.15, 0.2) is 11.5 Å². The predicted octanol–water partition coefficient (Wildman–Crippen LogP) is 5.17. The molecule has 0 bridgehead atoms. The van der Waals surface area contributed by atoms with Crippen molar-refractivity contribution < 1.29 is 9.47 Å². The molecule has 2 aromatic carbocycles. The van der Waals surface area contributed by atoms with Crippen molar-refractivity contribution >= 4 is 0 Å². The van der Waals surface area contributed by atoms with Crippen LogP contribution in [-0.4, -0.2) is 29.6 Å². The summed E-state index contributed by atoms with van der Waals surface area (Å²) in [5.41, 5.74) is 6.23. The van der Waals surface area contributed by atoms with E-state index in [1.165, 1.54) is 35.1 Å². The first kappa shape index (κ1) is 18.2. The number of aryl methyl sites for hydroxylation is 1. The van der Waals surface area contributed by atoms with Crippen LogP contribution in [-0.2, 0) is 6.54 Å². The minimum absolute atomic E-state index is 0.431. The minimum Gasteiger partial charge on any atom is -0.486 e. The van der Waals surface area contributed by atoms with E-state index in [1.807, 2.05) is 18.3 Å². The lowest BCUT2D eigenvalue weighted by Crippen LogP contribution is -2.23. The topological polar surface area (TPSA) is 34.6 Å². The van der Waals surface area contributed by atoms with E-state index in [2.05, 4.69) is 59.3 Å². The summed E-state index contributed by atoms with van der Waals surface area (Å²) >= 11 is 0. The predicted molar refractivity (Wildman–Crippen MR) is 114 cm³/mol. The van der Waals surface area contributed by atoms with E-state index < -0.39 is 0 Å². The quantitative estimate of drug-likeness (QED) is 0.620. The fourth-order valence-electron chi connectivity index (χ4n) is 4.45. The smallest absolute Gasteiger partial charge is 0.161 e. The zero-order valence-electron chi connectivity index (χ0n) is 16.8. The van der Waals surface area contributed by atoms with Crippen molar-refractivity contribution in [3.63, 3.8) is 0 Å². The van der Waals surface area contributed by atoms with Crippen molar-refractivity contribution in [1.82, 2.24) is 9.88 Å². The van der Waals surface area contributed by atoms with Crippen molar-refractivity contribution in [3.8, 4) is 22.8 Å². The number of benzene rings is 2. The third-order valence-corrected chi connectivity index (χ3v) is 5.99. The lowest BCUT2D eigenvalue weighted by atomic mass is 10.0. The Hall–Kier alpha value is -2.85. The maximum Gasteiger partial charge on any atom is 0.161 e. The van der Waals surface area contributed by atoms with Gasteiger partial charge in [-0.05, 0) is 73.3 Å². The van der Waals surface area contributed by atoms with Crippen LogP contribution in [0.4, 0.5) is 0 Å². The van der Waals surface area contributed by atoms with Crippen molar-refractivity contribution in [3.05, 3.63) is 77.5 Å². The Balaban J connectivity index is 1.36. The summed E-state index contributed by atoms with van der Waals surface area (Å²) in [6, 6.07) is 19.6. The number of rotatable bonds is 4. The molecule has 0 amide bonds. The van der Waals surface area contributed by atoms with Gasteiger partial charge in [0.25, 0.3) is 0 Å². The van der Waals surface area contributed by atoms with Crippen LogP contribution in [0.25, 0.3) is 11.3 Å². The number of ether oxygens (including phenoxy) is 2. The second kappa shape index (κ2) is 7.88. The molecule has 0 saturated carbocycles. The van der Waals surface area contributed by atoms with Crippen LogP contribution in [0.15, 0.2) is 60.8 Å². The van der Waals surface area contributed by atoms with Crippen LogP contribution < -0.4 is 9.47 Å². The number of aromatic nitrogens is 1. The Morgan fingerprint density at radius 3 is 2.72 bits per heavy atom. The van der Waals surface area contributed by atoms with Gasteiger partial charge < -0.3 is 9.47 Å². The second-order valence-corrected chi connectivity index (χ2v) is 7.89. The van der Waals surface area contributed by atoms with Gasteiger partial charge >= 0.3 is 0 Å². The van der Waals surface area contributed by atoms with E-state index in [0.717, 1.165) is 30.3 Å². The van der Waals surface area contributed by atoms with Crippen molar-refractivity contribution in [1.29, 1.82) is 0 Å². The fraction of sp³-hybridized carbons (Fsp3) is 0.320. The number of fused-ring (bicyclic) bond motifs is 1. The molecule has 0 unspecified atom stereocenters. The molecule has 0 radical (unpaired) electrons. The van der Waals surface area contributed by atoms with Crippen LogP contribution in [0.2, 0.25) is 0 Å². The summed E-state index contributed by atoms with van der Waals surface area (Å²) in [5, 5.41) is 0. The highest BCUT2D eigenvalue weighted by molar-refractivity contribution is 5.60. The summed E-state index contributed by atoms with van der Waals surface area (Å²) in [6.45, 7) is 5.56. The molecule has 29 heavy (non-hydrogen) atoms. The van der Waals surface area contributed by atoms with Crippen LogP contribution >= 0.6 is 0 Å². The summed E-state index contributed by atoms with van der Waals surface area (Å²) in [4.78, 5) is 7.07. The first-order valence-electron chi connectivity index (χ1n) is 10.4. The van der Waals surface area contributed by atoms with Gasteiger partial charge in [-0.25, -0.2) is 0 Å². The molecule has 3 aromatic rings. The maximum atomic E-state index is 5.80. The van der Waals surface area contributed by atoms with Crippen molar-refractivity contribution in [2.45, 2.75) is 32.4 Å². The summed E-state index contributed by atoms with van der Waals surface area (Å²) in [7, 11) is 0. The summed E-state index contributed by atoms with van der Waals surface area (Å²) in [6.07, 6.45) is 4.26. The van der Waals surface area contributed by atoms with Crippen LogP contribution in [0.5, 0.6) is 11.5 Å². The van der Waals surface area contributed by atoms with Gasteiger partial charge in [0, 0.05) is 24.3 Å². The molecule has 4 heteroatoms. The molecular weight excluding hydrogens is 360 g/mol. The molecule has 1 aromatic heterocycles. The zero-order valence-corrected chi connectivity index (χ0v) is 16.8. The van der Waals surface area contributed by atoms with Gasteiger partial charge in [-0.15, -0.1) is 0 Å². The van der Waals surface area contributed by atoms with E-state index in [-0.39, 0.29) is 0 Å². The van der Waals surface area contributed by atoms with E-state index in [4.69, 9.17) is 9.47 Å². The zero-order chi connectivity index (χ0) is 19.6. The largest absolute Gasteiger partial charge is 0.486 e. The van der Waals surface area contributed by atoms with Crippen molar-refractivity contribution in [2.75, 3.05) is 19.8 Å². The highest BCUT2D eigenvalue weighted by Gasteiger charge is 2.27. The molecule has 0 aliphatic carbocycles. The Bertz CT molecular complexity index is 1000. The third kappa shape index (κ3) is 3.73. The molecule has 4 nitrogen and oxygen atoms in total. The van der Waals surface area contributed by atoms with Gasteiger partial charge in [-0.3, -0.25) is 9.88 Å². The first-order valence-corrected chi connectivity index (χ1v) is 10.4. The number of likely N-dealkylation sites (tertiary alicyclic amines) is 1. The number of nitrogens with zero attached hydrogens (tertiary/aromatic N) is 2. The summed E-state index contributed by atoms with van der Waals surface area (Å²) < 4.78 is 11.5. The SMILES string of the molecule is Cc1cc(-c2ccccn2)ccc1CN1CCC[C@H]1c1ccc2c(c1)OCCO2. The standard InChI is InChI=1S/C25H26N2O2/c1-18-15-19(22-5-2-3-11-26-22)7-8-21(18)17-27-12-4-6-23(27)20-9-10-24-25(16-20)29-14-13-28-24/h2-3,5,7-11,15-16,23H,4,6,12-14,17H2,1H3/t23-/m0/s1. The van der Waals surface area contributed by atoms with Gasteiger partial charge in [0.05, 0.1) is 5.69 Å². The van der Waals surface area contributed by atoms with Crippen LogP contribution in [0.1, 0.15) is 35.6 Å². The normalized spacial score (nSPS) is 18.7. The van der Waals surface area contributed by atoms with Gasteiger partial charge in [0.1, 0.15) is 13.2 Å². The van der Waals surface area contributed by atoms with Gasteiger partial charge in [0.2, 0.25) is 0 Å². The van der Waals surface area contributed by atoms with E-state index >= 15 is 0 Å². The fourth-order valence-corrected chi connectivity index (χ4v) is 4.45. The van der Waals surface area contributed by atoms with Crippen LogP contribution in [0.3, 0.4) is 0 Å². The molecule has 3 heterocycles. The average molecular weight is 386 g/mol. The lowest BCUT2D eigenvalue weighted by Gasteiger charge is -2.27. The Morgan fingerprint density at radius 2 is 1.90 bits per heavy atom. The van der Waals surface area contributed by atoms with E-state index in [9.17, 15) is 0 Å². The second-order valence-electron chi connectivity index (χ2n) is 7.89. The molecule has 148 valence electrons. The molecular formula is C25H26N2O2. The van der Waals surface area contributed by atoms with Crippen molar-refractivity contribution in [2.24, 2.45) is 0 Å². The molecule has 0 N–H and O–H groups in total. The van der Waals surface area contributed by atoms with Crippen LogP contribution in [0, 0.1) is 6.92 Å². The van der Waals surface area contributed by atoms with E-state index in [1.54, 1.807) is 0 Å². The molecule has 1 fully saturated rings. The first-order chi connectivity index (χ1) is 14.3. The molecule has 1 saturated heterocycles. The Kier molecular flexibility index (Phi) is 4.94. The molecule has 5 rings (SSSR count). The third-order valence-electron chi connectivity index (χ3n) is 5.99. The molecule has 0 spiro atoms. The summed E-state index contributed by atoms with van der Waals surface area (Å²) in [5.74, 6) is 1.75. The molecule has 1 atom stereocenters. The lowest BCUT2D eigenvalue weighted by molar-refractivity contribution is 0.170.